The van der Waals surface area contributed by atoms with Gasteiger partial charge >= 0.3 is 12.0 Å². The minimum Gasteiger partial charge on any atom is -0.481 e. The topological polar surface area (TPSA) is 70.1 Å². The highest BCUT2D eigenvalue weighted by atomic mass is 16.5. The number of carboxylic acids is 1. The van der Waals surface area contributed by atoms with E-state index >= 15 is 0 Å². The van der Waals surface area contributed by atoms with Crippen molar-refractivity contribution in [1.29, 1.82) is 0 Å². The van der Waals surface area contributed by atoms with Gasteiger partial charge in [0.25, 0.3) is 0 Å². The van der Waals surface area contributed by atoms with Crippen LogP contribution in [0.25, 0.3) is 0 Å². The number of aliphatic carboxylic acids is 1. The van der Waals surface area contributed by atoms with Crippen molar-refractivity contribution < 1.29 is 19.4 Å². The van der Waals surface area contributed by atoms with E-state index in [1.54, 1.807) is 26.0 Å². The molecule has 2 atom stereocenters. The van der Waals surface area contributed by atoms with E-state index < -0.39 is 11.9 Å². The molecule has 0 aliphatic rings. The average Bonchev–Trinajstić information content (AvgIpc) is 2.33. The maximum Gasteiger partial charge on any atom is 0.320 e. The van der Waals surface area contributed by atoms with Gasteiger partial charge in [-0.2, -0.15) is 0 Å². The van der Waals surface area contributed by atoms with Crippen LogP contribution in [-0.4, -0.2) is 66.8 Å². The molecule has 0 rings (SSSR count). The van der Waals surface area contributed by atoms with Crippen LogP contribution in [0, 0.1) is 5.92 Å². The van der Waals surface area contributed by atoms with Crippen molar-refractivity contribution in [1.82, 2.24) is 9.80 Å². The number of urea groups is 1. The average molecular weight is 260 g/mol. The van der Waals surface area contributed by atoms with Crippen LogP contribution in [0.3, 0.4) is 0 Å². The molecular weight excluding hydrogens is 236 g/mol. The van der Waals surface area contributed by atoms with Crippen LogP contribution in [0.5, 0.6) is 0 Å². The summed E-state index contributed by atoms with van der Waals surface area (Å²) in [5.74, 6) is -1.46. The molecule has 0 aromatic carbocycles. The van der Waals surface area contributed by atoms with E-state index in [1.165, 1.54) is 4.90 Å². The van der Waals surface area contributed by atoms with E-state index in [1.807, 2.05) is 13.8 Å². The maximum absolute atomic E-state index is 12.2. The molecule has 0 aromatic heterocycles. The fourth-order valence-electron chi connectivity index (χ4n) is 1.52. The molecule has 0 aliphatic heterocycles. The first-order valence-electron chi connectivity index (χ1n) is 6.08. The second kappa shape index (κ2) is 7.92. The summed E-state index contributed by atoms with van der Waals surface area (Å²) in [4.78, 5) is 26.1. The lowest BCUT2D eigenvalue weighted by Crippen LogP contribution is -2.48. The molecule has 0 aliphatic carbocycles. The SMILES string of the molecule is CCN(CC(C)C(=O)O)C(=O)N(C)C(C)COC. The monoisotopic (exact) mass is 260 g/mol. The summed E-state index contributed by atoms with van der Waals surface area (Å²) < 4.78 is 5.00. The lowest BCUT2D eigenvalue weighted by molar-refractivity contribution is -0.141. The first-order valence-corrected chi connectivity index (χ1v) is 6.08. The van der Waals surface area contributed by atoms with E-state index in [0.29, 0.717) is 13.2 Å². The van der Waals surface area contributed by atoms with Gasteiger partial charge in [0, 0.05) is 27.2 Å². The van der Waals surface area contributed by atoms with Crippen molar-refractivity contribution in [3.05, 3.63) is 0 Å². The highest BCUT2D eigenvalue weighted by Gasteiger charge is 2.24. The van der Waals surface area contributed by atoms with Crippen molar-refractivity contribution >= 4 is 12.0 Å². The molecule has 0 radical (unpaired) electrons. The zero-order valence-electron chi connectivity index (χ0n) is 11.8. The molecule has 1 N–H and O–H groups in total. The van der Waals surface area contributed by atoms with Crippen molar-refractivity contribution in [2.75, 3.05) is 33.9 Å². The fraction of sp³-hybridized carbons (Fsp3) is 0.833. The number of carbonyl (C=O) groups excluding carboxylic acids is 1. The van der Waals surface area contributed by atoms with Gasteiger partial charge in [-0.1, -0.05) is 6.92 Å². The Labute approximate surface area is 109 Å². The maximum atomic E-state index is 12.2. The van der Waals surface area contributed by atoms with Gasteiger partial charge in [0.1, 0.15) is 0 Å². The molecule has 0 spiro atoms. The number of amides is 2. The highest BCUT2D eigenvalue weighted by molar-refractivity contribution is 5.76. The van der Waals surface area contributed by atoms with Crippen molar-refractivity contribution in [3.8, 4) is 0 Å². The zero-order chi connectivity index (χ0) is 14.3. The second-order valence-corrected chi connectivity index (χ2v) is 4.48. The van der Waals surface area contributed by atoms with E-state index in [-0.39, 0.29) is 18.6 Å². The number of nitrogens with zero attached hydrogens (tertiary/aromatic N) is 2. The Hall–Kier alpha value is -1.30. The number of methoxy groups -OCH3 is 1. The lowest BCUT2D eigenvalue weighted by atomic mass is 10.2. The number of hydrogen-bond acceptors (Lipinski definition) is 3. The minimum atomic E-state index is -0.895. The van der Waals surface area contributed by atoms with Crippen LogP contribution < -0.4 is 0 Å². The molecule has 0 fully saturated rings. The number of likely N-dealkylation sites (N-methyl/N-ethyl adjacent to an activating group) is 1. The van der Waals surface area contributed by atoms with Crippen LogP contribution in [0.2, 0.25) is 0 Å². The summed E-state index contributed by atoms with van der Waals surface area (Å²) in [5, 5.41) is 8.87. The second-order valence-electron chi connectivity index (χ2n) is 4.48. The summed E-state index contributed by atoms with van der Waals surface area (Å²) in [6.45, 7) is 6.47. The molecule has 6 heteroatoms. The fourth-order valence-corrected chi connectivity index (χ4v) is 1.52. The Morgan fingerprint density at radius 2 is 1.89 bits per heavy atom. The van der Waals surface area contributed by atoms with Crippen LogP contribution in [-0.2, 0) is 9.53 Å². The number of hydrogen-bond donors (Lipinski definition) is 1. The van der Waals surface area contributed by atoms with E-state index in [2.05, 4.69) is 0 Å². The van der Waals surface area contributed by atoms with Gasteiger partial charge in [-0.15, -0.1) is 0 Å². The van der Waals surface area contributed by atoms with Gasteiger partial charge in [-0.3, -0.25) is 4.79 Å². The molecule has 0 heterocycles. The van der Waals surface area contributed by atoms with Crippen molar-refractivity contribution in [2.45, 2.75) is 26.8 Å². The molecule has 6 nitrogen and oxygen atoms in total. The minimum absolute atomic E-state index is 0.0447. The quantitative estimate of drug-likeness (QED) is 0.744. The van der Waals surface area contributed by atoms with Gasteiger partial charge in [0.2, 0.25) is 0 Å². The lowest BCUT2D eigenvalue weighted by Gasteiger charge is -2.31. The number of rotatable bonds is 7. The highest BCUT2D eigenvalue weighted by Crippen LogP contribution is 2.06. The summed E-state index contributed by atoms with van der Waals surface area (Å²) in [5.41, 5.74) is 0. The number of carbonyl (C=O) groups is 2. The largest absolute Gasteiger partial charge is 0.481 e. The van der Waals surface area contributed by atoms with Gasteiger partial charge in [-0.05, 0) is 13.8 Å². The molecule has 2 unspecified atom stereocenters. The van der Waals surface area contributed by atoms with Crippen LogP contribution >= 0.6 is 0 Å². The van der Waals surface area contributed by atoms with Gasteiger partial charge < -0.3 is 19.6 Å². The Bertz CT molecular complexity index is 283. The summed E-state index contributed by atoms with van der Waals surface area (Å²) in [6.07, 6.45) is 0. The molecular formula is C12H24N2O4. The van der Waals surface area contributed by atoms with Crippen molar-refractivity contribution in [2.24, 2.45) is 5.92 Å². The Balaban J connectivity index is 4.55. The molecule has 18 heavy (non-hydrogen) atoms. The first kappa shape index (κ1) is 16.7. The van der Waals surface area contributed by atoms with Gasteiger partial charge in [0.15, 0.2) is 0 Å². The Morgan fingerprint density at radius 3 is 2.28 bits per heavy atom. The molecule has 0 saturated carbocycles. The number of ether oxygens (including phenoxy) is 1. The third kappa shape index (κ3) is 4.91. The van der Waals surface area contributed by atoms with E-state index in [9.17, 15) is 9.59 Å². The summed E-state index contributed by atoms with van der Waals surface area (Å²) in [7, 11) is 3.28. The predicted octanol–water partition coefficient (Wildman–Crippen LogP) is 1.12. The third-order valence-electron chi connectivity index (χ3n) is 2.94. The standard InChI is InChI=1S/C12H24N2O4/c1-6-14(7-9(2)11(15)16)12(17)13(4)10(3)8-18-5/h9-10H,6-8H2,1-5H3,(H,15,16). The smallest absolute Gasteiger partial charge is 0.320 e. The van der Waals surface area contributed by atoms with Crippen molar-refractivity contribution in [3.63, 3.8) is 0 Å². The molecule has 2 amide bonds. The first-order chi connectivity index (χ1) is 8.34. The normalized spacial score (nSPS) is 13.8. The summed E-state index contributed by atoms with van der Waals surface area (Å²) in [6, 6.07) is -0.216. The molecule has 0 saturated heterocycles. The Kier molecular flexibility index (Phi) is 7.35. The van der Waals surface area contributed by atoms with Crippen LogP contribution in [0.15, 0.2) is 0 Å². The zero-order valence-corrected chi connectivity index (χ0v) is 11.8. The molecule has 0 bridgehead atoms. The van der Waals surface area contributed by atoms with E-state index in [0.717, 1.165) is 0 Å². The Morgan fingerprint density at radius 1 is 1.33 bits per heavy atom. The van der Waals surface area contributed by atoms with Gasteiger partial charge in [0.05, 0.1) is 18.6 Å². The van der Waals surface area contributed by atoms with Gasteiger partial charge in [-0.25, -0.2) is 4.79 Å². The van der Waals surface area contributed by atoms with E-state index in [4.69, 9.17) is 9.84 Å². The number of carboxylic acid groups (broad SMARTS) is 1. The molecule has 106 valence electrons. The third-order valence-corrected chi connectivity index (χ3v) is 2.94. The van der Waals surface area contributed by atoms with Crippen LogP contribution in [0.4, 0.5) is 4.79 Å². The van der Waals surface area contributed by atoms with Crippen LogP contribution in [0.1, 0.15) is 20.8 Å². The molecule has 0 aromatic rings. The summed E-state index contributed by atoms with van der Waals surface area (Å²) >= 11 is 0. The predicted molar refractivity (Wildman–Crippen MR) is 68.5 cm³/mol.